The number of benzene rings is 4. The summed E-state index contributed by atoms with van der Waals surface area (Å²) in [5.41, 5.74) is 8.20. The van der Waals surface area contributed by atoms with Gasteiger partial charge >= 0.3 is 0 Å². The Morgan fingerprint density at radius 1 is 0.449 bits per heavy atom. The highest BCUT2D eigenvalue weighted by Crippen LogP contribution is 2.47. The second-order valence-electron chi connectivity index (χ2n) is 17.2. The van der Waals surface area contributed by atoms with E-state index in [4.69, 9.17) is 0 Å². The first-order valence-corrected chi connectivity index (χ1v) is 19.0. The Hall–Kier alpha value is -3.83. The number of sulfone groups is 1. The molecule has 0 bridgehead atoms. The molecule has 2 aliphatic carbocycles. The average Bonchev–Trinajstić information content (AvgIpc) is 3.04. The Labute approximate surface area is 293 Å². The van der Waals surface area contributed by atoms with Crippen molar-refractivity contribution >= 4 is 21.4 Å². The van der Waals surface area contributed by atoms with Gasteiger partial charge in [-0.3, -0.25) is 9.59 Å². The molecule has 0 fully saturated rings. The van der Waals surface area contributed by atoms with Crippen LogP contribution in [0.5, 0.6) is 0 Å². The zero-order valence-corrected chi connectivity index (χ0v) is 31.6. The molecule has 5 heteroatoms. The van der Waals surface area contributed by atoms with Crippen molar-refractivity contribution in [3.8, 4) is 0 Å². The summed E-state index contributed by atoms with van der Waals surface area (Å²) in [6.07, 6.45) is 4.30. The van der Waals surface area contributed by atoms with Crippen LogP contribution < -0.4 is 0 Å². The molecule has 4 nitrogen and oxygen atoms in total. The number of ketones is 2. The molecule has 0 atom stereocenters. The number of hydrogen-bond acceptors (Lipinski definition) is 4. The van der Waals surface area contributed by atoms with Gasteiger partial charge in [0.15, 0.2) is 11.6 Å². The molecule has 0 saturated heterocycles. The summed E-state index contributed by atoms with van der Waals surface area (Å²) in [6, 6.07) is 21.7. The van der Waals surface area contributed by atoms with Gasteiger partial charge < -0.3 is 0 Å². The topological polar surface area (TPSA) is 68.3 Å². The largest absolute Gasteiger partial charge is 0.289 e. The van der Waals surface area contributed by atoms with Gasteiger partial charge in [0.25, 0.3) is 0 Å². The second kappa shape index (κ2) is 11.6. The zero-order chi connectivity index (χ0) is 35.9. The lowest BCUT2D eigenvalue weighted by atomic mass is 9.63. The van der Waals surface area contributed by atoms with E-state index in [1.807, 2.05) is 24.3 Å². The van der Waals surface area contributed by atoms with Crippen LogP contribution in [-0.2, 0) is 31.5 Å². The molecule has 6 rings (SSSR count). The van der Waals surface area contributed by atoms with Crippen LogP contribution >= 0.6 is 0 Å². The quantitative estimate of drug-likeness (QED) is 0.191. The molecule has 0 radical (unpaired) electrons. The molecule has 4 aromatic carbocycles. The highest BCUT2D eigenvalue weighted by Gasteiger charge is 2.39. The van der Waals surface area contributed by atoms with Gasteiger partial charge in [0.2, 0.25) is 9.84 Å². The molecule has 4 aromatic rings. The van der Waals surface area contributed by atoms with E-state index in [9.17, 15) is 18.0 Å². The van der Waals surface area contributed by atoms with Gasteiger partial charge in [-0.25, -0.2) is 8.42 Å². The van der Waals surface area contributed by atoms with E-state index in [-0.39, 0.29) is 43.0 Å². The van der Waals surface area contributed by atoms with Crippen LogP contribution in [0, 0.1) is 13.8 Å². The fourth-order valence-electron chi connectivity index (χ4n) is 8.10. The van der Waals surface area contributed by atoms with Crippen molar-refractivity contribution in [1.82, 2.24) is 0 Å². The SMILES string of the molecule is Cc1cc(C(=O)c2ccc3c(c2)C(C)(C)CCC3(C)C)ccc1S(=O)(=O)c1ccc(C(=O)c2ccc3c(c2)C(C)(C)CCC3(C)C)cc1C. The minimum absolute atomic E-state index is 0.0261. The lowest BCUT2D eigenvalue weighted by Crippen LogP contribution is -2.34. The lowest BCUT2D eigenvalue weighted by Gasteiger charge is -2.42. The smallest absolute Gasteiger partial charge is 0.207 e. The summed E-state index contributed by atoms with van der Waals surface area (Å²) in [7, 11) is -3.92. The van der Waals surface area contributed by atoms with E-state index >= 15 is 0 Å². The highest BCUT2D eigenvalue weighted by molar-refractivity contribution is 7.91. The minimum Gasteiger partial charge on any atom is -0.289 e. The van der Waals surface area contributed by atoms with Gasteiger partial charge in [-0.2, -0.15) is 0 Å². The van der Waals surface area contributed by atoms with Crippen molar-refractivity contribution in [3.05, 3.63) is 128 Å². The summed E-state index contributed by atoms with van der Waals surface area (Å²) < 4.78 is 28.0. The number of fused-ring (bicyclic) bond motifs is 2. The molecule has 0 heterocycles. The molecule has 49 heavy (non-hydrogen) atoms. The van der Waals surface area contributed by atoms with Gasteiger partial charge in [0, 0.05) is 22.3 Å². The fourth-order valence-corrected chi connectivity index (χ4v) is 9.79. The molecule has 256 valence electrons. The molecule has 0 amide bonds. The Morgan fingerprint density at radius 2 is 0.735 bits per heavy atom. The van der Waals surface area contributed by atoms with Crippen LogP contribution in [0.1, 0.15) is 146 Å². The molecular weight excluding hydrogens is 625 g/mol. The minimum atomic E-state index is -3.92. The van der Waals surface area contributed by atoms with Crippen molar-refractivity contribution in [2.24, 2.45) is 0 Å². The Kier molecular flexibility index (Phi) is 8.30. The third kappa shape index (κ3) is 6.03. The first kappa shape index (κ1) is 35.0. The van der Waals surface area contributed by atoms with Crippen LogP contribution in [0.15, 0.2) is 82.6 Å². The Bertz CT molecular complexity index is 2000. The van der Waals surface area contributed by atoms with Gasteiger partial charge in [-0.1, -0.05) is 79.7 Å². The normalized spacial score (nSPS) is 18.7. The maximum absolute atomic E-state index is 14.0. The van der Waals surface area contributed by atoms with Gasteiger partial charge in [-0.05, 0) is 143 Å². The molecule has 0 aliphatic heterocycles. The predicted molar refractivity (Wildman–Crippen MR) is 198 cm³/mol. The van der Waals surface area contributed by atoms with Crippen molar-refractivity contribution in [2.45, 2.75) is 126 Å². The molecule has 0 saturated carbocycles. The number of rotatable bonds is 6. The van der Waals surface area contributed by atoms with Crippen LogP contribution in [0.2, 0.25) is 0 Å². The van der Waals surface area contributed by atoms with Crippen molar-refractivity contribution in [1.29, 1.82) is 0 Å². The van der Waals surface area contributed by atoms with E-state index < -0.39 is 9.84 Å². The third-order valence-electron chi connectivity index (χ3n) is 11.7. The van der Waals surface area contributed by atoms with Gasteiger partial charge in [-0.15, -0.1) is 0 Å². The van der Waals surface area contributed by atoms with Gasteiger partial charge in [0.1, 0.15) is 0 Å². The number of carbonyl (C=O) groups excluding carboxylic acids is 2. The number of hydrogen-bond donors (Lipinski definition) is 0. The average molecular weight is 675 g/mol. The number of aryl methyl sites for hydroxylation is 2. The highest BCUT2D eigenvalue weighted by atomic mass is 32.2. The second-order valence-corrected chi connectivity index (χ2v) is 19.1. The van der Waals surface area contributed by atoms with Crippen LogP contribution in [-0.4, -0.2) is 20.0 Å². The molecule has 0 aromatic heterocycles. The third-order valence-corrected chi connectivity index (χ3v) is 13.8. The maximum Gasteiger partial charge on any atom is 0.207 e. The van der Waals surface area contributed by atoms with Crippen LogP contribution in [0.3, 0.4) is 0 Å². The fraction of sp³-hybridized carbons (Fsp3) is 0.409. The maximum atomic E-state index is 14.0. The summed E-state index contributed by atoms with van der Waals surface area (Å²) in [5, 5.41) is 0. The van der Waals surface area contributed by atoms with Crippen molar-refractivity contribution < 1.29 is 18.0 Å². The van der Waals surface area contributed by atoms with E-state index in [1.165, 1.54) is 34.4 Å². The summed E-state index contributed by atoms with van der Waals surface area (Å²) in [5.74, 6) is -0.246. The van der Waals surface area contributed by atoms with Crippen LogP contribution in [0.25, 0.3) is 0 Å². The molecule has 0 spiro atoms. The summed E-state index contributed by atoms with van der Waals surface area (Å²) >= 11 is 0. The summed E-state index contributed by atoms with van der Waals surface area (Å²) in [4.78, 5) is 27.8. The molecule has 2 aliphatic rings. The monoisotopic (exact) mass is 674 g/mol. The van der Waals surface area contributed by atoms with E-state index in [0.29, 0.717) is 33.4 Å². The first-order valence-electron chi connectivity index (χ1n) is 17.5. The number of carbonyl (C=O) groups is 2. The molecule has 0 unspecified atom stereocenters. The Morgan fingerprint density at radius 3 is 1.06 bits per heavy atom. The summed E-state index contributed by atoms with van der Waals surface area (Å²) in [6.45, 7) is 21.4. The van der Waals surface area contributed by atoms with E-state index in [1.54, 1.807) is 38.1 Å². The Balaban J connectivity index is 1.28. The molecule has 0 N–H and O–H groups in total. The van der Waals surface area contributed by atoms with E-state index in [0.717, 1.165) is 25.7 Å². The van der Waals surface area contributed by atoms with E-state index in [2.05, 4.69) is 67.5 Å². The van der Waals surface area contributed by atoms with Gasteiger partial charge in [0.05, 0.1) is 9.79 Å². The van der Waals surface area contributed by atoms with Crippen molar-refractivity contribution in [3.63, 3.8) is 0 Å². The predicted octanol–water partition coefficient (Wildman–Crippen LogP) is 10.3. The lowest BCUT2D eigenvalue weighted by molar-refractivity contribution is 0.103. The first-order chi connectivity index (χ1) is 22.7. The zero-order valence-electron chi connectivity index (χ0n) is 30.8. The van der Waals surface area contributed by atoms with Crippen LogP contribution in [0.4, 0.5) is 0 Å². The molecular formula is C44H50O4S. The van der Waals surface area contributed by atoms with Crippen molar-refractivity contribution in [2.75, 3.05) is 0 Å². The standard InChI is InChI=1S/C44H50O4S/c1-27-23-29(39(45)31-11-15-33-35(25-31)43(7,8)21-19-41(33,3)4)13-17-37(27)49(47,48)38-18-14-30(24-28(38)2)40(46)32-12-16-34-36(26-32)44(9,10)22-20-42(34,5)6/h11-18,23-26H,19-22H2,1-10H3.